The molecule has 9 heteroatoms. The molecule has 146 valence electrons. The number of primary amides is 1. The summed E-state index contributed by atoms with van der Waals surface area (Å²) in [4.78, 5) is 30.7. The highest BCUT2D eigenvalue weighted by molar-refractivity contribution is 6.12. The molecule has 0 unspecified atom stereocenters. The molecule has 2 aromatic heterocycles. The molecule has 0 aliphatic heterocycles. The molecular weight excluding hydrogens is 381 g/mol. The van der Waals surface area contributed by atoms with Crippen molar-refractivity contribution in [2.24, 2.45) is 5.73 Å². The molecule has 4 aromatic rings. The van der Waals surface area contributed by atoms with Gasteiger partial charge in [-0.25, -0.2) is 19.0 Å². The number of imidazole rings is 1. The molecule has 0 spiro atoms. The number of amides is 1. The van der Waals surface area contributed by atoms with Crippen molar-refractivity contribution in [1.29, 1.82) is 0 Å². The third-order valence-electron chi connectivity index (χ3n) is 4.30. The van der Waals surface area contributed by atoms with E-state index in [1.165, 1.54) is 37.7 Å². The standard InChI is InChI=1S/C20H14FN3O5/c1-27-15-7-13-16(6-12(15)14-8-23-9-24-14)28-18(10-2-4-11(21)5-3-10)17(13)19(25)29-20(22)26/h2-9H,1H3,(H2,22,26)(H,23,24). The lowest BCUT2D eigenvalue weighted by Crippen LogP contribution is -2.18. The summed E-state index contributed by atoms with van der Waals surface area (Å²) in [5.41, 5.74) is 7.03. The number of benzene rings is 2. The highest BCUT2D eigenvalue weighted by atomic mass is 19.1. The number of furan rings is 1. The lowest BCUT2D eigenvalue weighted by atomic mass is 10.0. The zero-order valence-electron chi connectivity index (χ0n) is 15.1. The van der Waals surface area contributed by atoms with Crippen LogP contribution in [0.1, 0.15) is 10.4 Å². The van der Waals surface area contributed by atoms with Crippen molar-refractivity contribution in [1.82, 2.24) is 9.97 Å². The number of carbonyl (C=O) groups is 2. The maximum atomic E-state index is 13.3. The second kappa shape index (κ2) is 7.12. The average molecular weight is 395 g/mol. The van der Waals surface area contributed by atoms with Crippen LogP contribution in [0, 0.1) is 5.82 Å². The fourth-order valence-electron chi connectivity index (χ4n) is 3.06. The van der Waals surface area contributed by atoms with Gasteiger partial charge in [0.2, 0.25) is 0 Å². The van der Waals surface area contributed by atoms with Gasteiger partial charge in [0, 0.05) is 16.5 Å². The van der Waals surface area contributed by atoms with E-state index >= 15 is 0 Å². The minimum absolute atomic E-state index is 0.0279. The van der Waals surface area contributed by atoms with Crippen molar-refractivity contribution in [2.75, 3.05) is 7.11 Å². The summed E-state index contributed by atoms with van der Waals surface area (Å²) in [5, 5.41) is 0.343. The molecule has 0 saturated heterocycles. The first-order valence-electron chi connectivity index (χ1n) is 8.38. The Bertz CT molecular complexity index is 1210. The van der Waals surface area contributed by atoms with E-state index in [4.69, 9.17) is 14.9 Å². The number of hydrogen-bond acceptors (Lipinski definition) is 6. The molecule has 29 heavy (non-hydrogen) atoms. The van der Waals surface area contributed by atoms with Gasteiger partial charge in [-0.1, -0.05) is 0 Å². The van der Waals surface area contributed by atoms with Crippen molar-refractivity contribution < 1.29 is 27.9 Å². The molecule has 0 fully saturated rings. The van der Waals surface area contributed by atoms with E-state index in [1.807, 2.05) is 0 Å². The number of nitrogens with two attached hydrogens (primary N) is 1. The van der Waals surface area contributed by atoms with Gasteiger partial charge in [0.05, 0.1) is 25.3 Å². The Morgan fingerprint density at radius 3 is 2.59 bits per heavy atom. The SMILES string of the molecule is COc1cc2c(C(=O)OC(N)=O)c(-c3ccc(F)cc3)oc2cc1-c1cnc[nH]1. The zero-order valence-corrected chi connectivity index (χ0v) is 15.1. The number of aromatic amines is 1. The molecule has 0 aliphatic carbocycles. The number of H-pyrrole nitrogens is 1. The molecule has 0 aliphatic rings. The van der Waals surface area contributed by atoms with E-state index < -0.39 is 17.9 Å². The Hall–Kier alpha value is -4.14. The molecule has 0 bridgehead atoms. The number of esters is 1. The van der Waals surface area contributed by atoms with Crippen LogP contribution in [0.25, 0.3) is 33.6 Å². The third-order valence-corrected chi connectivity index (χ3v) is 4.30. The number of nitrogens with one attached hydrogen (secondary N) is 1. The van der Waals surface area contributed by atoms with E-state index in [1.54, 1.807) is 18.3 Å². The van der Waals surface area contributed by atoms with Crippen LogP contribution in [0.2, 0.25) is 0 Å². The quantitative estimate of drug-likeness (QED) is 0.400. The second-order valence-electron chi connectivity index (χ2n) is 6.04. The molecular formula is C20H14FN3O5. The van der Waals surface area contributed by atoms with Crippen molar-refractivity contribution >= 4 is 23.0 Å². The molecule has 0 atom stereocenters. The monoisotopic (exact) mass is 395 g/mol. The Labute approximate surface area is 163 Å². The number of methoxy groups -OCH3 is 1. The number of ether oxygens (including phenoxy) is 2. The van der Waals surface area contributed by atoms with E-state index in [0.717, 1.165) is 0 Å². The third kappa shape index (κ3) is 3.29. The minimum atomic E-state index is -1.25. The molecule has 2 heterocycles. The van der Waals surface area contributed by atoms with Gasteiger partial charge in [-0.3, -0.25) is 0 Å². The number of hydrogen-bond donors (Lipinski definition) is 2. The predicted molar refractivity (Wildman–Crippen MR) is 101 cm³/mol. The molecule has 4 rings (SSSR count). The Morgan fingerprint density at radius 2 is 1.97 bits per heavy atom. The summed E-state index contributed by atoms with van der Waals surface area (Å²) >= 11 is 0. The molecule has 2 aromatic carbocycles. The van der Waals surface area contributed by atoms with Gasteiger partial charge in [0.1, 0.15) is 28.5 Å². The number of halogens is 1. The van der Waals surface area contributed by atoms with Crippen molar-refractivity contribution in [3.63, 3.8) is 0 Å². The zero-order chi connectivity index (χ0) is 20.5. The van der Waals surface area contributed by atoms with Crippen LogP contribution in [-0.4, -0.2) is 29.1 Å². The summed E-state index contributed by atoms with van der Waals surface area (Å²) in [6.07, 6.45) is 1.87. The number of fused-ring (bicyclic) bond motifs is 1. The van der Waals surface area contributed by atoms with Crippen molar-refractivity contribution in [2.45, 2.75) is 0 Å². The van der Waals surface area contributed by atoms with Crippen LogP contribution < -0.4 is 10.5 Å². The van der Waals surface area contributed by atoms with Gasteiger partial charge in [-0.05, 0) is 36.4 Å². The molecule has 1 amide bonds. The fraction of sp³-hybridized carbons (Fsp3) is 0.0500. The van der Waals surface area contributed by atoms with E-state index in [0.29, 0.717) is 33.5 Å². The summed E-state index contributed by atoms with van der Waals surface area (Å²) < 4.78 is 29.3. The van der Waals surface area contributed by atoms with Crippen LogP contribution in [-0.2, 0) is 4.74 Å². The average Bonchev–Trinajstić information content (AvgIpc) is 3.34. The van der Waals surface area contributed by atoms with Crippen molar-refractivity contribution in [3.8, 4) is 28.3 Å². The van der Waals surface area contributed by atoms with Gasteiger partial charge in [0.25, 0.3) is 0 Å². The lowest BCUT2D eigenvalue weighted by Gasteiger charge is -2.07. The fourth-order valence-corrected chi connectivity index (χ4v) is 3.06. The van der Waals surface area contributed by atoms with Crippen molar-refractivity contribution in [3.05, 3.63) is 60.3 Å². The van der Waals surface area contributed by atoms with Crippen LogP contribution in [0.15, 0.2) is 53.3 Å². The van der Waals surface area contributed by atoms with Gasteiger partial charge in [-0.15, -0.1) is 0 Å². The van der Waals surface area contributed by atoms with Gasteiger partial charge >= 0.3 is 12.1 Å². The Kier molecular flexibility index (Phi) is 4.47. The molecule has 3 N–H and O–H groups in total. The van der Waals surface area contributed by atoms with E-state index in [9.17, 15) is 14.0 Å². The lowest BCUT2D eigenvalue weighted by molar-refractivity contribution is 0.0640. The first-order valence-corrected chi connectivity index (χ1v) is 8.38. The van der Waals surface area contributed by atoms with Gasteiger partial charge in [-0.2, -0.15) is 0 Å². The maximum Gasteiger partial charge on any atom is 0.412 e. The smallest absolute Gasteiger partial charge is 0.412 e. The normalized spacial score (nSPS) is 10.8. The Morgan fingerprint density at radius 1 is 1.21 bits per heavy atom. The summed E-state index contributed by atoms with van der Waals surface area (Å²) in [7, 11) is 1.48. The van der Waals surface area contributed by atoms with Gasteiger partial charge in [0.15, 0.2) is 0 Å². The topological polar surface area (TPSA) is 120 Å². The summed E-state index contributed by atoms with van der Waals surface area (Å²) in [5.74, 6) is -0.905. The minimum Gasteiger partial charge on any atom is -0.496 e. The number of rotatable bonds is 4. The predicted octanol–water partition coefficient (Wildman–Crippen LogP) is 3.87. The highest BCUT2D eigenvalue weighted by Crippen LogP contribution is 2.40. The van der Waals surface area contributed by atoms with Crippen LogP contribution in [0.4, 0.5) is 9.18 Å². The first-order chi connectivity index (χ1) is 14.0. The van der Waals surface area contributed by atoms with Crippen LogP contribution >= 0.6 is 0 Å². The summed E-state index contributed by atoms with van der Waals surface area (Å²) in [6.45, 7) is 0. The molecule has 0 radical (unpaired) electrons. The summed E-state index contributed by atoms with van der Waals surface area (Å²) in [6, 6.07) is 8.59. The van der Waals surface area contributed by atoms with Gasteiger partial charge < -0.3 is 24.6 Å². The molecule has 8 nitrogen and oxygen atoms in total. The molecule has 0 saturated carbocycles. The first kappa shape index (κ1) is 18.2. The Balaban J connectivity index is 1.99. The number of carbonyl (C=O) groups excluding carboxylic acids is 2. The highest BCUT2D eigenvalue weighted by Gasteiger charge is 2.26. The second-order valence-corrected chi connectivity index (χ2v) is 6.04. The maximum absolute atomic E-state index is 13.3. The van der Waals surface area contributed by atoms with Crippen LogP contribution in [0.5, 0.6) is 5.75 Å². The van der Waals surface area contributed by atoms with E-state index in [2.05, 4.69) is 14.7 Å². The number of nitrogens with zero attached hydrogens (tertiary/aromatic N) is 1. The van der Waals surface area contributed by atoms with Crippen LogP contribution in [0.3, 0.4) is 0 Å². The van der Waals surface area contributed by atoms with E-state index in [-0.39, 0.29) is 11.3 Å². The number of aromatic nitrogens is 2. The largest absolute Gasteiger partial charge is 0.496 e.